The molecule has 0 unspecified atom stereocenters. The Bertz CT molecular complexity index is 882. The lowest BCUT2D eigenvalue weighted by atomic mass is 10.00. The summed E-state index contributed by atoms with van der Waals surface area (Å²) in [5.74, 6) is -1.49. The van der Waals surface area contributed by atoms with Crippen LogP contribution in [0.15, 0.2) is 48.0 Å². The number of carbonyl (C=O) groups excluding carboxylic acids is 1. The van der Waals surface area contributed by atoms with Gasteiger partial charge in [0.05, 0.1) is 10.5 Å². The smallest absolute Gasteiger partial charge is 0.273 e. The molecule has 120 valence electrons. The first-order valence-electron chi connectivity index (χ1n) is 7.16. The monoisotopic (exact) mass is 324 g/mol. The average Bonchev–Trinajstić information content (AvgIpc) is 2.59. The summed E-state index contributed by atoms with van der Waals surface area (Å²) in [6, 6.07) is 11.5. The van der Waals surface area contributed by atoms with Gasteiger partial charge in [-0.25, -0.2) is 4.39 Å². The number of nitro groups is 1. The molecular formula is C18H13FN2O3. The van der Waals surface area contributed by atoms with Crippen LogP contribution in [0.25, 0.3) is 6.08 Å². The number of rotatable bonds is 5. The molecule has 0 aliphatic carbocycles. The van der Waals surface area contributed by atoms with Crippen molar-refractivity contribution >= 4 is 17.5 Å². The van der Waals surface area contributed by atoms with Gasteiger partial charge in [0.2, 0.25) is 5.78 Å². The molecule has 0 atom stereocenters. The van der Waals surface area contributed by atoms with E-state index in [9.17, 15) is 24.6 Å². The highest BCUT2D eigenvalue weighted by Crippen LogP contribution is 2.23. The van der Waals surface area contributed by atoms with Crippen LogP contribution in [0.1, 0.15) is 28.4 Å². The molecule has 0 fully saturated rings. The lowest BCUT2D eigenvalue weighted by Crippen LogP contribution is -2.04. The molecule has 0 aliphatic heterocycles. The Labute approximate surface area is 137 Å². The van der Waals surface area contributed by atoms with Gasteiger partial charge in [-0.3, -0.25) is 14.9 Å². The summed E-state index contributed by atoms with van der Waals surface area (Å²) in [5.41, 5.74) is 0.293. The third kappa shape index (κ3) is 3.52. The maximum atomic E-state index is 13.7. The van der Waals surface area contributed by atoms with Crippen LogP contribution in [0.3, 0.4) is 0 Å². The second-order valence-corrected chi connectivity index (χ2v) is 4.98. The number of Topliss-reactive ketones (excluding diaryl/α,β-unsaturated/α-hetero) is 1. The van der Waals surface area contributed by atoms with Gasteiger partial charge in [-0.05, 0) is 30.2 Å². The number of carbonyl (C=O) groups is 1. The van der Waals surface area contributed by atoms with Crippen molar-refractivity contribution in [1.29, 1.82) is 5.26 Å². The Morgan fingerprint density at radius 1 is 1.33 bits per heavy atom. The van der Waals surface area contributed by atoms with Crippen molar-refractivity contribution in [3.63, 3.8) is 0 Å². The molecule has 0 amide bonds. The highest BCUT2D eigenvalue weighted by atomic mass is 19.1. The van der Waals surface area contributed by atoms with Gasteiger partial charge < -0.3 is 0 Å². The van der Waals surface area contributed by atoms with Crippen LogP contribution >= 0.6 is 0 Å². The molecule has 0 saturated carbocycles. The lowest BCUT2D eigenvalue weighted by Gasteiger charge is -2.03. The summed E-state index contributed by atoms with van der Waals surface area (Å²) in [6.45, 7) is 1.79. The van der Waals surface area contributed by atoms with Crippen molar-refractivity contribution in [3.8, 4) is 6.07 Å². The maximum absolute atomic E-state index is 13.7. The van der Waals surface area contributed by atoms with Crippen molar-refractivity contribution in [2.24, 2.45) is 0 Å². The van der Waals surface area contributed by atoms with Crippen LogP contribution in [0.2, 0.25) is 0 Å². The number of ketones is 1. The number of allylic oxidation sites excluding steroid dienone is 1. The van der Waals surface area contributed by atoms with Crippen molar-refractivity contribution in [2.75, 3.05) is 0 Å². The second kappa shape index (κ2) is 7.29. The Morgan fingerprint density at radius 2 is 2.04 bits per heavy atom. The van der Waals surface area contributed by atoms with Gasteiger partial charge in [0, 0.05) is 11.6 Å². The zero-order valence-electron chi connectivity index (χ0n) is 12.8. The van der Waals surface area contributed by atoms with Gasteiger partial charge in [0.15, 0.2) is 0 Å². The molecule has 0 N–H and O–H groups in total. The van der Waals surface area contributed by atoms with Gasteiger partial charge >= 0.3 is 0 Å². The number of nitriles is 1. The van der Waals surface area contributed by atoms with E-state index in [1.807, 2.05) is 0 Å². The zero-order valence-corrected chi connectivity index (χ0v) is 12.8. The van der Waals surface area contributed by atoms with Crippen molar-refractivity contribution in [3.05, 3.63) is 80.7 Å². The first-order valence-corrected chi connectivity index (χ1v) is 7.16. The fraction of sp³-hybridized carbons (Fsp3) is 0.111. The molecule has 0 heterocycles. The summed E-state index contributed by atoms with van der Waals surface area (Å²) in [6.07, 6.45) is 1.71. The first-order chi connectivity index (χ1) is 11.5. The maximum Gasteiger partial charge on any atom is 0.273 e. The van der Waals surface area contributed by atoms with Crippen LogP contribution in [-0.2, 0) is 6.42 Å². The highest BCUT2D eigenvalue weighted by Gasteiger charge is 2.17. The molecule has 2 rings (SSSR count). The minimum absolute atomic E-state index is 0.0816. The quantitative estimate of drug-likeness (QED) is 0.273. The standard InChI is InChI=1S/C18H13FN2O3/c1-2-13-8-7-12(10-17(13)21(23)24)9-14(11-20)18(22)15-5-3-4-6-16(15)19/h3-10H,2H2,1H3/b14-9+. The van der Waals surface area contributed by atoms with E-state index >= 15 is 0 Å². The van der Waals surface area contributed by atoms with E-state index < -0.39 is 16.5 Å². The summed E-state index contributed by atoms with van der Waals surface area (Å²) in [7, 11) is 0. The fourth-order valence-corrected chi connectivity index (χ4v) is 2.25. The van der Waals surface area contributed by atoms with Crippen LogP contribution in [-0.4, -0.2) is 10.7 Å². The van der Waals surface area contributed by atoms with Gasteiger partial charge in [-0.2, -0.15) is 5.26 Å². The third-order valence-corrected chi connectivity index (χ3v) is 3.48. The van der Waals surface area contributed by atoms with Crippen molar-refractivity contribution in [2.45, 2.75) is 13.3 Å². The SMILES string of the molecule is CCc1ccc(/C=C(\C#N)C(=O)c2ccccc2F)cc1[N+](=O)[O-]. The van der Waals surface area contributed by atoms with E-state index in [1.54, 1.807) is 25.1 Å². The molecule has 5 nitrogen and oxygen atoms in total. The van der Waals surface area contributed by atoms with E-state index in [-0.39, 0.29) is 16.8 Å². The Kier molecular flexibility index (Phi) is 5.17. The number of benzene rings is 2. The fourth-order valence-electron chi connectivity index (χ4n) is 2.25. The van der Waals surface area contributed by atoms with Gasteiger partial charge in [-0.1, -0.05) is 31.2 Å². The molecule has 2 aromatic carbocycles. The average molecular weight is 324 g/mol. The van der Waals surface area contributed by atoms with Crippen LogP contribution in [0.4, 0.5) is 10.1 Å². The predicted octanol–water partition coefficient (Wildman–Crippen LogP) is 4.09. The predicted molar refractivity (Wildman–Crippen MR) is 86.8 cm³/mol. The Morgan fingerprint density at radius 3 is 2.62 bits per heavy atom. The van der Waals surface area contributed by atoms with E-state index in [0.29, 0.717) is 17.5 Å². The molecule has 24 heavy (non-hydrogen) atoms. The van der Waals surface area contributed by atoms with E-state index in [4.69, 9.17) is 0 Å². The first kappa shape index (κ1) is 17.0. The molecule has 0 aliphatic rings. The molecule has 0 radical (unpaired) electrons. The van der Waals surface area contributed by atoms with E-state index in [2.05, 4.69) is 0 Å². The molecular weight excluding hydrogens is 311 g/mol. The topological polar surface area (TPSA) is 84.0 Å². The molecule has 6 heteroatoms. The summed E-state index contributed by atoms with van der Waals surface area (Å²) < 4.78 is 13.7. The van der Waals surface area contributed by atoms with Gasteiger partial charge in [-0.15, -0.1) is 0 Å². The molecule has 0 aromatic heterocycles. The zero-order chi connectivity index (χ0) is 17.7. The van der Waals surface area contributed by atoms with Crippen LogP contribution in [0.5, 0.6) is 0 Å². The number of nitro benzene ring substituents is 1. The van der Waals surface area contributed by atoms with Crippen molar-refractivity contribution in [1.82, 2.24) is 0 Å². The van der Waals surface area contributed by atoms with Gasteiger partial charge in [0.1, 0.15) is 17.5 Å². The van der Waals surface area contributed by atoms with Crippen LogP contribution < -0.4 is 0 Å². The summed E-state index contributed by atoms with van der Waals surface area (Å²) >= 11 is 0. The summed E-state index contributed by atoms with van der Waals surface area (Å²) in [5, 5.41) is 20.3. The normalized spacial score (nSPS) is 11.0. The number of hydrogen-bond acceptors (Lipinski definition) is 4. The molecule has 0 spiro atoms. The Hall–Kier alpha value is -3.33. The minimum Gasteiger partial charge on any atom is -0.288 e. The Balaban J connectivity index is 2.47. The molecule has 0 saturated heterocycles. The number of halogens is 1. The molecule has 0 bridgehead atoms. The van der Waals surface area contributed by atoms with E-state index in [0.717, 1.165) is 6.07 Å². The van der Waals surface area contributed by atoms with Gasteiger partial charge in [0.25, 0.3) is 5.69 Å². The summed E-state index contributed by atoms with van der Waals surface area (Å²) in [4.78, 5) is 22.9. The highest BCUT2D eigenvalue weighted by molar-refractivity contribution is 6.14. The lowest BCUT2D eigenvalue weighted by molar-refractivity contribution is -0.385. The third-order valence-electron chi connectivity index (χ3n) is 3.48. The largest absolute Gasteiger partial charge is 0.288 e. The molecule has 2 aromatic rings. The number of hydrogen-bond donors (Lipinski definition) is 0. The number of nitrogens with zero attached hydrogens (tertiary/aromatic N) is 2. The van der Waals surface area contributed by atoms with E-state index in [1.165, 1.54) is 30.3 Å². The van der Waals surface area contributed by atoms with Crippen LogP contribution in [0, 0.1) is 27.3 Å². The minimum atomic E-state index is -0.766. The number of aryl methyl sites for hydroxylation is 1. The second-order valence-electron chi connectivity index (χ2n) is 4.98. The van der Waals surface area contributed by atoms with Crippen molar-refractivity contribution < 1.29 is 14.1 Å².